The maximum absolute atomic E-state index is 13.8. The first-order valence-electron chi connectivity index (χ1n) is 6.06. The largest absolute Gasteiger partial charge is 0.346 e. The van der Waals surface area contributed by atoms with E-state index in [4.69, 9.17) is 0 Å². The quantitative estimate of drug-likeness (QED) is 0.868. The van der Waals surface area contributed by atoms with E-state index in [-0.39, 0.29) is 10.8 Å². The van der Waals surface area contributed by atoms with Crippen LogP contribution in [0.15, 0.2) is 34.7 Å². The molecule has 0 aliphatic carbocycles. The van der Waals surface area contributed by atoms with Gasteiger partial charge in [0.25, 0.3) is 0 Å². The molecule has 0 bridgehead atoms. The number of hydrogen-bond donors (Lipinski definition) is 1. The Hall–Kier alpha value is -1.69. The third-order valence-electron chi connectivity index (χ3n) is 2.63. The van der Waals surface area contributed by atoms with Crippen molar-refractivity contribution in [3.63, 3.8) is 0 Å². The average molecular weight is 299 g/mol. The van der Waals surface area contributed by atoms with Gasteiger partial charge in [-0.3, -0.25) is 4.79 Å². The Morgan fingerprint density at radius 1 is 1.35 bits per heavy atom. The number of halogens is 1. The zero-order valence-electron chi connectivity index (χ0n) is 11.9. The highest BCUT2D eigenvalue weighted by molar-refractivity contribution is 7.90. The van der Waals surface area contributed by atoms with Gasteiger partial charge in [-0.1, -0.05) is 11.6 Å². The van der Waals surface area contributed by atoms with Crippen LogP contribution >= 0.6 is 0 Å². The fourth-order valence-corrected chi connectivity index (χ4v) is 2.42. The summed E-state index contributed by atoms with van der Waals surface area (Å²) in [6, 6.07) is 3.42. The third kappa shape index (κ3) is 4.45. The minimum absolute atomic E-state index is 0.273. The fraction of sp³-hybridized carbons (Fsp3) is 0.357. The van der Waals surface area contributed by atoms with Crippen LogP contribution in [0, 0.1) is 5.82 Å². The summed E-state index contributed by atoms with van der Waals surface area (Å²) >= 11 is 0. The highest BCUT2D eigenvalue weighted by atomic mass is 32.2. The summed E-state index contributed by atoms with van der Waals surface area (Å²) in [4.78, 5) is 11.2. The molecule has 0 saturated carbocycles. The van der Waals surface area contributed by atoms with Crippen LogP contribution in [0.25, 0.3) is 0 Å². The molecule has 0 fully saturated rings. The number of rotatable bonds is 4. The van der Waals surface area contributed by atoms with Crippen LogP contribution in [0.2, 0.25) is 0 Å². The minimum Gasteiger partial charge on any atom is -0.346 e. The third-order valence-corrected chi connectivity index (χ3v) is 3.76. The molecule has 0 heterocycles. The molecule has 6 heteroatoms. The van der Waals surface area contributed by atoms with Gasteiger partial charge in [0.15, 0.2) is 9.84 Å². The Kier molecular flexibility index (Phi) is 5.05. The van der Waals surface area contributed by atoms with E-state index in [0.29, 0.717) is 5.56 Å². The molecule has 0 spiro atoms. The van der Waals surface area contributed by atoms with Gasteiger partial charge in [0.05, 0.1) is 6.04 Å². The molecular weight excluding hydrogens is 281 g/mol. The Bertz CT molecular complexity index is 646. The molecule has 4 nitrogen and oxygen atoms in total. The predicted molar refractivity (Wildman–Crippen MR) is 75.5 cm³/mol. The lowest BCUT2D eigenvalue weighted by Crippen LogP contribution is -2.25. The van der Waals surface area contributed by atoms with E-state index in [9.17, 15) is 17.6 Å². The van der Waals surface area contributed by atoms with Crippen LogP contribution in [-0.4, -0.2) is 20.6 Å². The molecule has 1 aromatic carbocycles. The molecule has 1 aromatic rings. The van der Waals surface area contributed by atoms with Crippen LogP contribution < -0.4 is 5.32 Å². The number of nitrogens with one attached hydrogen (secondary N) is 1. The number of benzene rings is 1. The van der Waals surface area contributed by atoms with Gasteiger partial charge in [-0.15, -0.1) is 0 Å². The number of allylic oxidation sites excluding steroid dienone is 1. The topological polar surface area (TPSA) is 63.2 Å². The molecule has 1 amide bonds. The van der Waals surface area contributed by atoms with Crippen LogP contribution in [0.4, 0.5) is 4.39 Å². The summed E-state index contributed by atoms with van der Waals surface area (Å²) in [6.45, 7) is 5.29. The Labute approximate surface area is 118 Å². The second-order valence-electron chi connectivity index (χ2n) is 4.91. The summed E-state index contributed by atoms with van der Waals surface area (Å²) in [6.07, 6.45) is 2.39. The SMILES string of the molecule is CC(C)=CC(=O)N[C@@H](C)c1ccc(S(C)(=O)=O)c(F)c1. The lowest BCUT2D eigenvalue weighted by atomic mass is 10.1. The summed E-state index contributed by atoms with van der Waals surface area (Å²) < 4.78 is 36.4. The zero-order valence-corrected chi connectivity index (χ0v) is 12.7. The Balaban J connectivity index is 2.96. The molecule has 1 rings (SSSR count). The highest BCUT2D eigenvalue weighted by Crippen LogP contribution is 2.20. The van der Waals surface area contributed by atoms with Crippen molar-refractivity contribution >= 4 is 15.7 Å². The van der Waals surface area contributed by atoms with E-state index in [1.54, 1.807) is 20.8 Å². The van der Waals surface area contributed by atoms with Crippen LogP contribution in [-0.2, 0) is 14.6 Å². The van der Waals surface area contributed by atoms with Gasteiger partial charge in [-0.05, 0) is 38.5 Å². The van der Waals surface area contributed by atoms with Gasteiger partial charge < -0.3 is 5.32 Å². The molecule has 0 aliphatic rings. The van der Waals surface area contributed by atoms with E-state index in [0.717, 1.165) is 17.9 Å². The second-order valence-corrected chi connectivity index (χ2v) is 6.90. The first kappa shape index (κ1) is 16.4. The van der Waals surface area contributed by atoms with Crippen molar-refractivity contribution in [3.8, 4) is 0 Å². The first-order chi connectivity index (χ1) is 9.11. The van der Waals surface area contributed by atoms with Crippen molar-refractivity contribution in [1.29, 1.82) is 0 Å². The van der Waals surface area contributed by atoms with Gasteiger partial charge in [0.1, 0.15) is 10.7 Å². The zero-order chi connectivity index (χ0) is 15.5. The maximum atomic E-state index is 13.8. The predicted octanol–water partition coefficient (Wildman–Crippen LogP) is 2.37. The summed E-state index contributed by atoms with van der Waals surface area (Å²) in [7, 11) is -3.59. The Morgan fingerprint density at radius 2 is 1.95 bits per heavy atom. The van der Waals surface area contributed by atoms with Gasteiger partial charge in [-0.2, -0.15) is 0 Å². The van der Waals surface area contributed by atoms with Crippen molar-refractivity contribution in [2.45, 2.75) is 31.7 Å². The van der Waals surface area contributed by atoms with Gasteiger partial charge in [0, 0.05) is 12.3 Å². The normalized spacial score (nSPS) is 12.7. The smallest absolute Gasteiger partial charge is 0.244 e. The van der Waals surface area contributed by atoms with E-state index >= 15 is 0 Å². The number of carbonyl (C=O) groups is 1. The first-order valence-corrected chi connectivity index (χ1v) is 7.95. The van der Waals surface area contributed by atoms with Crippen LogP contribution in [0.3, 0.4) is 0 Å². The molecule has 1 atom stereocenters. The summed E-state index contributed by atoms with van der Waals surface area (Å²) in [5, 5.41) is 2.68. The Morgan fingerprint density at radius 3 is 2.40 bits per heavy atom. The number of sulfone groups is 1. The van der Waals surface area contributed by atoms with Crippen molar-refractivity contribution in [2.75, 3.05) is 6.26 Å². The molecule has 0 unspecified atom stereocenters. The highest BCUT2D eigenvalue weighted by Gasteiger charge is 2.16. The van der Waals surface area contributed by atoms with Crippen molar-refractivity contribution < 1.29 is 17.6 Å². The van der Waals surface area contributed by atoms with Crippen LogP contribution in [0.5, 0.6) is 0 Å². The molecule has 1 N–H and O–H groups in total. The monoisotopic (exact) mass is 299 g/mol. The summed E-state index contributed by atoms with van der Waals surface area (Å²) in [5.41, 5.74) is 1.36. The molecule has 0 radical (unpaired) electrons. The van der Waals surface area contributed by atoms with Gasteiger partial charge in [0.2, 0.25) is 5.91 Å². The molecule has 0 saturated heterocycles. The number of hydrogen-bond acceptors (Lipinski definition) is 3. The van der Waals surface area contributed by atoms with E-state index in [2.05, 4.69) is 5.32 Å². The second kappa shape index (κ2) is 6.17. The maximum Gasteiger partial charge on any atom is 0.244 e. The molecule has 0 aliphatic heterocycles. The molecule has 20 heavy (non-hydrogen) atoms. The minimum atomic E-state index is -3.59. The van der Waals surface area contributed by atoms with Gasteiger partial charge in [-0.25, -0.2) is 12.8 Å². The lowest BCUT2D eigenvalue weighted by molar-refractivity contribution is -0.117. The summed E-state index contributed by atoms with van der Waals surface area (Å²) in [5.74, 6) is -1.08. The number of carbonyl (C=O) groups excluding carboxylic acids is 1. The van der Waals surface area contributed by atoms with Crippen molar-refractivity contribution in [3.05, 3.63) is 41.2 Å². The van der Waals surface area contributed by atoms with E-state index < -0.39 is 21.7 Å². The van der Waals surface area contributed by atoms with Gasteiger partial charge >= 0.3 is 0 Å². The number of amides is 1. The van der Waals surface area contributed by atoms with Crippen LogP contribution in [0.1, 0.15) is 32.4 Å². The lowest BCUT2D eigenvalue weighted by Gasteiger charge is -2.14. The van der Waals surface area contributed by atoms with E-state index in [1.165, 1.54) is 18.2 Å². The standard InChI is InChI=1S/C14H18FNO3S/c1-9(2)7-14(17)16-10(3)11-5-6-13(12(15)8-11)20(4,18)19/h5-8,10H,1-4H3,(H,16,17)/t10-/m0/s1. The molecule has 110 valence electrons. The fourth-order valence-electron chi connectivity index (χ4n) is 1.69. The molecule has 0 aromatic heterocycles. The van der Waals surface area contributed by atoms with Crippen molar-refractivity contribution in [2.24, 2.45) is 0 Å². The average Bonchev–Trinajstić information content (AvgIpc) is 2.25. The molecular formula is C14H18FNO3S. The van der Waals surface area contributed by atoms with Crippen molar-refractivity contribution in [1.82, 2.24) is 5.32 Å². The van der Waals surface area contributed by atoms with E-state index in [1.807, 2.05) is 0 Å².